The Bertz CT molecular complexity index is 311. The van der Waals surface area contributed by atoms with Gasteiger partial charge in [-0.15, -0.1) is 0 Å². The molecule has 1 heteroatoms. The van der Waals surface area contributed by atoms with E-state index in [0.29, 0.717) is 5.70 Å². The Balaban J connectivity index is 3.17. The molecule has 0 aliphatic carbocycles. The molecule has 0 fully saturated rings. The molecule has 0 heterocycles. The highest BCUT2D eigenvalue weighted by Gasteiger charge is 1.97. The average molecular weight is 159 g/mol. The maximum absolute atomic E-state index is 5.62. The Hall–Kier alpha value is -1.50. The zero-order valence-electron chi connectivity index (χ0n) is 7.25. The Morgan fingerprint density at radius 1 is 1.42 bits per heavy atom. The lowest BCUT2D eigenvalue weighted by atomic mass is 10.1. The first kappa shape index (κ1) is 8.60. The summed E-state index contributed by atoms with van der Waals surface area (Å²) in [5, 5.41) is 0. The summed E-state index contributed by atoms with van der Waals surface area (Å²) in [7, 11) is 0. The predicted molar refractivity (Wildman–Crippen MR) is 54.4 cm³/mol. The lowest BCUT2D eigenvalue weighted by Gasteiger charge is -2.03. The van der Waals surface area contributed by atoms with Crippen molar-refractivity contribution in [1.29, 1.82) is 0 Å². The highest BCUT2D eigenvalue weighted by Crippen LogP contribution is 2.14. The first-order valence-corrected chi connectivity index (χ1v) is 3.92. The zero-order chi connectivity index (χ0) is 8.97. The molecule has 0 radical (unpaired) electrons. The Morgan fingerprint density at radius 2 is 2.08 bits per heavy atom. The van der Waals surface area contributed by atoms with Gasteiger partial charge in [0.05, 0.1) is 0 Å². The summed E-state index contributed by atoms with van der Waals surface area (Å²) in [5.41, 5.74) is 8.36. The summed E-state index contributed by atoms with van der Waals surface area (Å²) >= 11 is 0. The van der Waals surface area contributed by atoms with Crippen molar-refractivity contribution in [1.82, 2.24) is 0 Å². The zero-order valence-corrected chi connectivity index (χ0v) is 7.25. The van der Waals surface area contributed by atoms with E-state index in [4.69, 9.17) is 5.73 Å². The normalized spacial score (nSPS) is 10.4. The molecule has 0 unspecified atom stereocenters. The molecule has 0 bridgehead atoms. The van der Waals surface area contributed by atoms with Gasteiger partial charge in [-0.2, -0.15) is 0 Å². The third-order valence-corrected chi connectivity index (χ3v) is 1.65. The topological polar surface area (TPSA) is 26.0 Å². The second kappa shape index (κ2) is 3.77. The third-order valence-electron chi connectivity index (χ3n) is 1.65. The number of nitrogens with two attached hydrogens (primary N) is 1. The summed E-state index contributed by atoms with van der Waals surface area (Å²) in [6, 6.07) is 7.94. The van der Waals surface area contributed by atoms with Crippen molar-refractivity contribution in [2.75, 3.05) is 0 Å². The van der Waals surface area contributed by atoms with Crippen LogP contribution >= 0.6 is 0 Å². The molecule has 12 heavy (non-hydrogen) atoms. The first-order chi connectivity index (χ1) is 5.75. The van der Waals surface area contributed by atoms with Crippen molar-refractivity contribution in [2.24, 2.45) is 5.73 Å². The average Bonchev–Trinajstić information content (AvgIpc) is 2.05. The van der Waals surface area contributed by atoms with Crippen LogP contribution < -0.4 is 5.73 Å². The van der Waals surface area contributed by atoms with E-state index in [1.54, 1.807) is 0 Å². The number of benzene rings is 1. The summed E-state index contributed by atoms with van der Waals surface area (Å²) < 4.78 is 0. The largest absolute Gasteiger partial charge is 0.399 e. The Labute approximate surface area is 73.2 Å². The van der Waals surface area contributed by atoms with Gasteiger partial charge in [-0.3, -0.25) is 0 Å². The lowest BCUT2D eigenvalue weighted by Crippen LogP contribution is -1.95. The molecule has 0 amide bonds. The molecule has 0 aromatic heterocycles. The molecule has 0 aliphatic heterocycles. The van der Waals surface area contributed by atoms with Crippen LogP contribution in [-0.2, 0) is 0 Å². The Morgan fingerprint density at radius 3 is 2.67 bits per heavy atom. The van der Waals surface area contributed by atoms with Crippen molar-refractivity contribution in [2.45, 2.75) is 6.92 Å². The molecule has 1 nitrogen and oxygen atoms in total. The van der Waals surface area contributed by atoms with E-state index in [9.17, 15) is 0 Å². The molecule has 0 saturated carbocycles. The van der Waals surface area contributed by atoms with E-state index in [-0.39, 0.29) is 0 Å². The standard InChI is InChI=1S/C11H13N/c1-3-6-10-7-4-5-8-11(10)9(2)12/h3-8H,2,12H2,1H3/b6-3-. The van der Waals surface area contributed by atoms with Crippen LogP contribution in [0.1, 0.15) is 18.1 Å². The third kappa shape index (κ3) is 1.76. The van der Waals surface area contributed by atoms with Crippen LogP contribution in [-0.4, -0.2) is 0 Å². The predicted octanol–water partition coefficient (Wildman–Crippen LogP) is 2.65. The maximum atomic E-state index is 5.62. The van der Waals surface area contributed by atoms with E-state index in [2.05, 4.69) is 6.58 Å². The molecule has 2 N–H and O–H groups in total. The van der Waals surface area contributed by atoms with Crippen molar-refractivity contribution in [3.05, 3.63) is 48.0 Å². The Kier molecular flexibility index (Phi) is 2.70. The number of rotatable bonds is 2. The molecule has 1 aromatic rings. The van der Waals surface area contributed by atoms with E-state index < -0.39 is 0 Å². The van der Waals surface area contributed by atoms with Gasteiger partial charge in [-0.05, 0) is 12.5 Å². The number of hydrogen-bond acceptors (Lipinski definition) is 1. The highest BCUT2D eigenvalue weighted by molar-refractivity contribution is 5.70. The van der Waals surface area contributed by atoms with Gasteiger partial charge in [-0.1, -0.05) is 43.0 Å². The van der Waals surface area contributed by atoms with Gasteiger partial charge in [-0.25, -0.2) is 0 Å². The minimum Gasteiger partial charge on any atom is -0.399 e. The van der Waals surface area contributed by atoms with Crippen molar-refractivity contribution < 1.29 is 0 Å². The SMILES string of the molecule is C=C(N)c1ccccc1/C=C\C. The van der Waals surface area contributed by atoms with E-state index in [0.717, 1.165) is 11.1 Å². The fourth-order valence-corrected chi connectivity index (χ4v) is 1.11. The summed E-state index contributed by atoms with van der Waals surface area (Å²) in [5.74, 6) is 0. The number of allylic oxidation sites excluding steroid dienone is 1. The van der Waals surface area contributed by atoms with E-state index in [1.807, 2.05) is 43.3 Å². The lowest BCUT2D eigenvalue weighted by molar-refractivity contribution is 1.50. The highest BCUT2D eigenvalue weighted by atomic mass is 14.6. The van der Waals surface area contributed by atoms with Crippen LogP contribution in [0.15, 0.2) is 36.9 Å². The molecule has 0 saturated heterocycles. The molecular formula is C11H13N. The second-order valence-electron chi connectivity index (χ2n) is 2.61. The minimum atomic E-state index is 0.615. The van der Waals surface area contributed by atoms with Crippen LogP contribution in [0.25, 0.3) is 11.8 Å². The van der Waals surface area contributed by atoms with Gasteiger partial charge in [0.25, 0.3) is 0 Å². The molecule has 0 aliphatic rings. The fraction of sp³-hybridized carbons (Fsp3) is 0.0909. The maximum Gasteiger partial charge on any atom is 0.0320 e. The quantitative estimate of drug-likeness (QED) is 0.705. The molecule has 0 spiro atoms. The van der Waals surface area contributed by atoms with Crippen LogP contribution in [0.4, 0.5) is 0 Å². The monoisotopic (exact) mass is 159 g/mol. The van der Waals surface area contributed by atoms with Gasteiger partial charge in [0.1, 0.15) is 0 Å². The smallest absolute Gasteiger partial charge is 0.0320 e. The second-order valence-corrected chi connectivity index (χ2v) is 2.61. The molecule has 1 aromatic carbocycles. The van der Waals surface area contributed by atoms with Crippen molar-refractivity contribution in [3.8, 4) is 0 Å². The van der Waals surface area contributed by atoms with Gasteiger partial charge in [0, 0.05) is 11.3 Å². The summed E-state index contributed by atoms with van der Waals surface area (Å²) in [6.07, 6.45) is 4.01. The fourth-order valence-electron chi connectivity index (χ4n) is 1.11. The van der Waals surface area contributed by atoms with E-state index in [1.165, 1.54) is 0 Å². The van der Waals surface area contributed by atoms with Crippen LogP contribution in [0.3, 0.4) is 0 Å². The van der Waals surface area contributed by atoms with Gasteiger partial charge >= 0.3 is 0 Å². The molecule has 62 valence electrons. The summed E-state index contributed by atoms with van der Waals surface area (Å²) in [6.45, 7) is 5.69. The van der Waals surface area contributed by atoms with Crippen molar-refractivity contribution in [3.63, 3.8) is 0 Å². The van der Waals surface area contributed by atoms with Gasteiger partial charge in [0.15, 0.2) is 0 Å². The molecular weight excluding hydrogens is 146 g/mol. The van der Waals surface area contributed by atoms with Gasteiger partial charge in [0.2, 0.25) is 0 Å². The molecule has 1 rings (SSSR count). The number of hydrogen-bond donors (Lipinski definition) is 1. The van der Waals surface area contributed by atoms with Crippen LogP contribution in [0.5, 0.6) is 0 Å². The van der Waals surface area contributed by atoms with Crippen LogP contribution in [0.2, 0.25) is 0 Å². The van der Waals surface area contributed by atoms with E-state index >= 15 is 0 Å². The summed E-state index contributed by atoms with van der Waals surface area (Å²) in [4.78, 5) is 0. The molecule has 0 atom stereocenters. The minimum absolute atomic E-state index is 0.615. The van der Waals surface area contributed by atoms with Crippen molar-refractivity contribution >= 4 is 11.8 Å². The van der Waals surface area contributed by atoms with Crippen LogP contribution in [0, 0.1) is 0 Å². The first-order valence-electron chi connectivity index (χ1n) is 3.92. The van der Waals surface area contributed by atoms with Gasteiger partial charge < -0.3 is 5.73 Å².